The van der Waals surface area contributed by atoms with Crippen LogP contribution in [0.2, 0.25) is 5.02 Å². The highest BCUT2D eigenvalue weighted by Crippen LogP contribution is 2.13. The summed E-state index contributed by atoms with van der Waals surface area (Å²) in [4.78, 5) is 10.7. The average Bonchev–Trinajstić information content (AvgIpc) is 2.41. The number of carbonyl (C=O) groups is 1. The lowest BCUT2D eigenvalue weighted by molar-refractivity contribution is 0.0697. The third kappa shape index (κ3) is 3.56. The minimum absolute atomic E-state index is 0.237. The van der Waals surface area contributed by atoms with E-state index in [9.17, 15) is 4.79 Å². The minimum atomic E-state index is -0.953. The molecule has 0 aliphatic rings. The van der Waals surface area contributed by atoms with E-state index in [-0.39, 0.29) is 5.56 Å². The number of nitrogens with zero attached hydrogens (tertiary/aromatic N) is 1. The van der Waals surface area contributed by atoms with Crippen molar-refractivity contribution in [3.63, 3.8) is 0 Å². The predicted molar refractivity (Wildman–Crippen MR) is 76.1 cm³/mol. The predicted octanol–water partition coefficient (Wildman–Crippen LogP) is 3.48. The van der Waals surface area contributed by atoms with Gasteiger partial charge in [0.25, 0.3) is 0 Å². The summed E-state index contributed by atoms with van der Waals surface area (Å²) in [6.45, 7) is 0. The largest absolute Gasteiger partial charge is 0.478 e. The van der Waals surface area contributed by atoms with E-state index in [4.69, 9.17) is 16.7 Å². The molecule has 2 N–H and O–H groups in total. The molecule has 0 bridgehead atoms. The first-order chi connectivity index (χ1) is 9.16. The van der Waals surface area contributed by atoms with Crippen molar-refractivity contribution in [3.05, 3.63) is 64.7 Å². The number of hydrazone groups is 1. The summed E-state index contributed by atoms with van der Waals surface area (Å²) < 4.78 is 0. The van der Waals surface area contributed by atoms with Crippen LogP contribution in [0.5, 0.6) is 0 Å². The van der Waals surface area contributed by atoms with E-state index >= 15 is 0 Å². The maximum Gasteiger partial charge on any atom is 0.335 e. The summed E-state index contributed by atoms with van der Waals surface area (Å²) in [6, 6.07) is 13.7. The number of anilines is 1. The van der Waals surface area contributed by atoms with Crippen LogP contribution in [-0.4, -0.2) is 17.3 Å². The molecule has 2 aromatic rings. The smallest absolute Gasteiger partial charge is 0.335 e. The van der Waals surface area contributed by atoms with E-state index < -0.39 is 5.97 Å². The number of hydrogen-bond acceptors (Lipinski definition) is 3. The second kappa shape index (κ2) is 6.02. The highest BCUT2D eigenvalue weighted by molar-refractivity contribution is 6.33. The topological polar surface area (TPSA) is 61.7 Å². The highest BCUT2D eigenvalue weighted by atomic mass is 35.5. The lowest BCUT2D eigenvalue weighted by Gasteiger charge is -2.01. The number of benzene rings is 2. The van der Waals surface area contributed by atoms with Gasteiger partial charge in [-0.25, -0.2) is 4.79 Å². The Morgan fingerprint density at radius 1 is 1.16 bits per heavy atom. The zero-order chi connectivity index (χ0) is 13.7. The molecule has 0 spiro atoms. The lowest BCUT2D eigenvalue weighted by atomic mass is 10.2. The molecule has 0 aromatic heterocycles. The molecule has 0 unspecified atom stereocenters. The van der Waals surface area contributed by atoms with Crippen molar-refractivity contribution in [2.24, 2.45) is 5.10 Å². The summed E-state index contributed by atoms with van der Waals surface area (Å²) in [5.74, 6) is -0.953. The number of aromatic carboxylic acids is 1. The Labute approximate surface area is 115 Å². The van der Waals surface area contributed by atoms with Crippen molar-refractivity contribution in [1.82, 2.24) is 0 Å². The molecule has 0 aliphatic carbocycles. The van der Waals surface area contributed by atoms with Gasteiger partial charge in [-0.3, -0.25) is 5.43 Å². The van der Waals surface area contributed by atoms with Crippen molar-refractivity contribution in [2.45, 2.75) is 0 Å². The Morgan fingerprint density at radius 3 is 2.47 bits per heavy atom. The van der Waals surface area contributed by atoms with Gasteiger partial charge in [0.1, 0.15) is 0 Å². The standard InChI is InChI=1S/C14H11ClN2O2/c15-13-4-2-1-3-11(13)9-16-17-12-7-5-10(6-8-12)14(18)19/h1-9,17H,(H,18,19)/b16-9+. The maximum absolute atomic E-state index is 10.7. The number of nitrogens with one attached hydrogen (secondary N) is 1. The zero-order valence-corrected chi connectivity index (χ0v) is 10.6. The summed E-state index contributed by atoms with van der Waals surface area (Å²) in [5, 5.41) is 13.4. The van der Waals surface area contributed by atoms with E-state index in [2.05, 4.69) is 10.5 Å². The minimum Gasteiger partial charge on any atom is -0.478 e. The van der Waals surface area contributed by atoms with Crippen LogP contribution in [-0.2, 0) is 0 Å². The SMILES string of the molecule is O=C(O)c1ccc(N/N=C/c2ccccc2Cl)cc1. The molecule has 96 valence electrons. The Morgan fingerprint density at radius 2 is 1.84 bits per heavy atom. The average molecular weight is 275 g/mol. The molecular weight excluding hydrogens is 264 g/mol. The van der Waals surface area contributed by atoms with Crippen molar-refractivity contribution in [3.8, 4) is 0 Å². The second-order valence-corrected chi connectivity index (χ2v) is 4.18. The maximum atomic E-state index is 10.7. The summed E-state index contributed by atoms with van der Waals surface area (Å²) in [7, 11) is 0. The van der Waals surface area contributed by atoms with E-state index in [0.29, 0.717) is 10.7 Å². The first kappa shape index (κ1) is 13.1. The quantitative estimate of drug-likeness (QED) is 0.663. The molecule has 0 amide bonds. The Kier molecular flexibility index (Phi) is 4.15. The van der Waals surface area contributed by atoms with Crippen molar-refractivity contribution >= 4 is 29.5 Å². The summed E-state index contributed by atoms with van der Waals surface area (Å²) in [5.41, 5.74) is 4.55. The molecule has 0 aliphatic heterocycles. The molecule has 4 nitrogen and oxygen atoms in total. The van der Waals surface area contributed by atoms with Gasteiger partial charge in [-0.15, -0.1) is 0 Å². The van der Waals surface area contributed by atoms with Crippen LogP contribution in [0.4, 0.5) is 5.69 Å². The van der Waals surface area contributed by atoms with Crippen molar-refractivity contribution in [1.29, 1.82) is 0 Å². The fraction of sp³-hybridized carbons (Fsp3) is 0. The third-order valence-electron chi connectivity index (χ3n) is 2.43. The molecule has 2 rings (SSSR count). The molecule has 0 saturated heterocycles. The van der Waals surface area contributed by atoms with E-state index in [1.807, 2.05) is 18.2 Å². The van der Waals surface area contributed by atoms with Crippen LogP contribution in [0.25, 0.3) is 0 Å². The van der Waals surface area contributed by atoms with Gasteiger partial charge in [-0.1, -0.05) is 29.8 Å². The molecule has 0 fully saturated rings. The molecule has 2 aromatic carbocycles. The van der Waals surface area contributed by atoms with E-state index in [1.165, 1.54) is 12.1 Å². The van der Waals surface area contributed by atoms with E-state index in [1.54, 1.807) is 24.4 Å². The Hall–Kier alpha value is -2.33. The number of carboxylic acids is 1. The van der Waals surface area contributed by atoms with Crippen LogP contribution in [0, 0.1) is 0 Å². The molecule has 0 saturated carbocycles. The number of hydrogen-bond donors (Lipinski definition) is 2. The molecule has 0 heterocycles. The van der Waals surface area contributed by atoms with Gasteiger partial charge < -0.3 is 5.11 Å². The van der Waals surface area contributed by atoms with Crippen LogP contribution in [0.1, 0.15) is 15.9 Å². The van der Waals surface area contributed by atoms with Gasteiger partial charge in [0, 0.05) is 10.6 Å². The molecule has 0 atom stereocenters. The van der Waals surface area contributed by atoms with Gasteiger partial charge in [0.05, 0.1) is 17.5 Å². The summed E-state index contributed by atoms with van der Waals surface area (Å²) in [6.07, 6.45) is 1.60. The molecular formula is C14H11ClN2O2. The van der Waals surface area contributed by atoms with Gasteiger partial charge in [-0.2, -0.15) is 5.10 Å². The van der Waals surface area contributed by atoms with Gasteiger partial charge in [-0.05, 0) is 30.3 Å². The van der Waals surface area contributed by atoms with Crippen LogP contribution in [0.15, 0.2) is 53.6 Å². The zero-order valence-electron chi connectivity index (χ0n) is 9.88. The Bertz CT molecular complexity index is 609. The van der Waals surface area contributed by atoms with Gasteiger partial charge in [0.15, 0.2) is 0 Å². The fourth-order valence-electron chi connectivity index (χ4n) is 1.44. The van der Waals surface area contributed by atoms with Crippen LogP contribution in [0.3, 0.4) is 0 Å². The Balaban J connectivity index is 2.03. The number of carboxylic acid groups (broad SMARTS) is 1. The van der Waals surface area contributed by atoms with Gasteiger partial charge in [0.2, 0.25) is 0 Å². The molecule has 0 radical (unpaired) electrons. The summed E-state index contributed by atoms with van der Waals surface area (Å²) >= 11 is 5.98. The first-order valence-corrected chi connectivity index (χ1v) is 5.91. The van der Waals surface area contributed by atoms with Crippen molar-refractivity contribution < 1.29 is 9.90 Å². The van der Waals surface area contributed by atoms with Crippen LogP contribution >= 0.6 is 11.6 Å². The fourth-order valence-corrected chi connectivity index (χ4v) is 1.63. The highest BCUT2D eigenvalue weighted by Gasteiger charge is 2.00. The first-order valence-electron chi connectivity index (χ1n) is 5.54. The monoisotopic (exact) mass is 274 g/mol. The molecule has 19 heavy (non-hydrogen) atoms. The number of rotatable bonds is 4. The van der Waals surface area contributed by atoms with Crippen molar-refractivity contribution in [2.75, 3.05) is 5.43 Å². The second-order valence-electron chi connectivity index (χ2n) is 3.77. The lowest BCUT2D eigenvalue weighted by Crippen LogP contribution is -1.96. The number of halogens is 1. The normalized spacial score (nSPS) is 10.6. The third-order valence-corrected chi connectivity index (χ3v) is 2.78. The van der Waals surface area contributed by atoms with E-state index in [0.717, 1.165) is 5.56 Å². The van der Waals surface area contributed by atoms with Crippen LogP contribution < -0.4 is 5.43 Å². The molecule has 5 heteroatoms. The van der Waals surface area contributed by atoms with Gasteiger partial charge >= 0.3 is 5.97 Å².